The summed E-state index contributed by atoms with van der Waals surface area (Å²) in [7, 11) is 0. The van der Waals surface area contributed by atoms with Crippen LogP contribution >= 0.6 is 11.8 Å². The van der Waals surface area contributed by atoms with Crippen LogP contribution in [0.1, 0.15) is 18.9 Å². The Balaban J connectivity index is 1.43. The topological polar surface area (TPSA) is 67.1 Å². The molecular weight excluding hydrogens is 387 g/mol. The van der Waals surface area contributed by atoms with Gasteiger partial charge in [-0.3, -0.25) is 4.57 Å². The quantitative estimate of drug-likeness (QED) is 0.243. The van der Waals surface area contributed by atoms with Gasteiger partial charge in [-0.25, -0.2) is 19.4 Å². The molecular formula is C21H25FN6S. The van der Waals surface area contributed by atoms with Crippen LogP contribution in [0.15, 0.2) is 71.2 Å². The van der Waals surface area contributed by atoms with Crippen LogP contribution in [0.3, 0.4) is 0 Å². The molecule has 6 nitrogen and oxygen atoms in total. The number of benzene rings is 1. The van der Waals surface area contributed by atoms with E-state index < -0.39 is 0 Å². The van der Waals surface area contributed by atoms with E-state index in [-0.39, 0.29) is 5.82 Å². The molecule has 2 aromatic heterocycles. The Morgan fingerprint density at radius 2 is 2.03 bits per heavy atom. The number of nitrogens with one attached hydrogen (secondary N) is 2. The highest BCUT2D eigenvalue weighted by Crippen LogP contribution is 2.18. The fraction of sp³-hybridized carbons (Fsp3) is 0.286. The zero-order valence-corrected chi connectivity index (χ0v) is 17.2. The highest BCUT2D eigenvalue weighted by Gasteiger charge is 2.01. The Labute approximate surface area is 174 Å². The summed E-state index contributed by atoms with van der Waals surface area (Å²) in [6, 6.07) is 10.6. The van der Waals surface area contributed by atoms with Gasteiger partial charge in [0.05, 0.1) is 6.54 Å². The molecule has 8 heteroatoms. The first-order valence-corrected chi connectivity index (χ1v) is 10.6. The third-order valence-electron chi connectivity index (χ3n) is 4.04. The number of rotatable bonds is 9. The number of guanidine groups is 1. The molecule has 3 rings (SSSR count). The summed E-state index contributed by atoms with van der Waals surface area (Å²) < 4.78 is 14.8. The van der Waals surface area contributed by atoms with Crippen molar-refractivity contribution in [2.45, 2.75) is 24.8 Å². The number of pyridine rings is 1. The molecule has 0 bridgehead atoms. The lowest BCUT2D eigenvalue weighted by molar-refractivity contribution is 0.626. The average molecular weight is 413 g/mol. The zero-order valence-electron chi connectivity index (χ0n) is 16.4. The van der Waals surface area contributed by atoms with Gasteiger partial charge >= 0.3 is 0 Å². The molecule has 2 N–H and O–H groups in total. The Bertz CT molecular complexity index is 879. The highest BCUT2D eigenvalue weighted by atomic mass is 32.2. The summed E-state index contributed by atoms with van der Waals surface area (Å²) in [6.45, 7) is 4.21. The van der Waals surface area contributed by atoms with Crippen LogP contribution in [0.4, 0.5) is 4.39 Å². The predicted molar refractivity (Wildman–Crippen MR) is 116 cm³/mol. The lowest BCUT2D eigenvalue weighted by Gasteiger charge is -2.11. The number of thioether (sulfide) groups is 1. The molecule has 2 heterocycles. The zero-order chi connectivity index (χ0) is 20.3. The standard InChI is InChI=1S/C21H25FN6S/c1-2-24-21(25-10-3-13-29-19-7-5-18(22)6-8-19)27-15-17-4-9-20(26-14-17)28-12-11-23-16-28/h4-9,11-12,14,16H,2-3,10,13,15H2,1H3,(H2,24,25,27). The van der Waals surface area contributed by atoms with Crippen molar-refractivity contribution in [3.63, 3.8) is 0 Å². The molecule has 1 aromatic carbocycles. The van der Waals surface area contributed by atoms with E-state index >= 15 is 0 Å². The van der Waals surface area contributed by atoms with Gasteiger partial charge in [0.1, 0.15) is 18.0 Å². The molecule has 152 valence electrons. The molecule has 0 radical (unpaired) electrons. The highest BCUT2D eigenvalue weighted by molar-refractivity contribution is 7.99. The lowest BCUT2D eigenvalue weighted by atomic mass is 10.3. The number of halogens is 1. The van der Waals surface area contributed by atoms with Crippen LogP contribution in [0.25, 0.3) is 5.82 Å². The van der Waals surface area contributed by atoms with Gasteiger partial charge in [0.2, 0.25) is 0 Å². The minimum absolute atomic E-state index is 0.200. The van der Waals surface area contributed by atoms with E-state index in [0.717, 1.165) is 47.5 Å². The average Bonchev–Trinajstić information content (AvgIpc) is 3.28. The van der Waals surface area contributed by atoms with Crippen LogP contribution in [-0.4, -0.2) is 39.3 Å². The minimum atomic E-state index is -0.200. The summed E-state index contributed by atoms with van der Waals surface area (Å²) in [5, 5.41) is 6.61. The molecule has 0 fully saturated rings. The van der Waals surface area contributed by atoms with Gasteiger partial charge in [-0.2, -0.15) is 0 Å². The number of hydrogen-bond donors (Lipinski definition) is 2. The van der Waals surface area contributed by atoms with Crippen LogP contribution in [0.2, 0.25) is 0 Å². The first-order valence-electron chi connectivity index (χ1n) is 9.58. The van der Waals surface area contributed by atoms with Crippen molar-refractivity contribution >= 4 is 17.7 Å². The van der Waals surface area contributed by atoms with Crippen molar-refractivity contribution in [1.82, 2.24) is 25.2 Å². The smallest absolute Gasteiger partial charge is 0.191 e. The fourth-order valence-corrected chi connectivity index (χ4v) is 3.42. The van der Waals surface area contributed by atoms with Gasteiger partial charge in [0.15, 0.2) is 5.96 Å². The second kappa shape index (κ2) is 11.2. The largest absolute Gasteiger partial charge is 0.357 e. The van der Waals surface area contributed by atoms with Gasteiger partial charge in [-0.15, -0.1) is 11.8 Å². The van der Waals surface area contributed by atoms with E-state index in [1.807, 2.05) is 48.1 Å². The molecule has 0 saturated carbocycles. The van der Waals surface area contributed by atoms with E-state index in [1.54, 1.807) is 24.3 Å². The molecule has 0 aliphatic heterocycles. The number of aliphatic imine (C=N–C) groups is 1. The third kappa shape index (κ3) is 6.90. The molecule has 0 atom stereocenters. The molecule has 3 aromatic rings. The maximum absolute atomic E-state index is 12.9. The van der Waals surface area contributed by atoms with E-state index in [1.165, 1.54) is 12.1 Å². The normalized spacial score (nSPS) is 11.4. The SMILES string of the molecule is CCNC(=NCc1ccc(-n2ccnc2)nc1)NCCCSc1ccc(F)cc1. The summed E-state index contributed by atoms with van der Waals surface area (Å²) >= 11 is 1.72. The predicted octanol–water partition coefficient (Wildman–Crippen LogP) is 3.64. The van der Waals surface area contributed by atoms with Gasteiger partial charge < -0.3 is 10.6 Å². The van der Waals surface area contributed by atoms with E-state index in [2.05, 4.69) is 25.6 Å². The Morgan fingerprint density at radius 1 is 1.17 bits per heavy atom. The van der Waals surface area contributed by atoms with Gasteiger partial charge in [0, 0.05) is 36.6 Å². The Kier molecular flexibility index (Phi) is 8.06. The summed E-state index contributed by atoms with van der Waals surface area (Å²) in [6.07, 6.45) is 8.13. The van der Waals surface area contributed by atoms with Crippen LogP contribution in [0, 0.1) is 5.82 Å². The van der Waals surface area contributed by atoms with Crippen molar-refractivity contribution in [1.29, 1.82) is 0 Å². The van der Waals surface area contributed by atoms with Crippen molar-refractivity contribution in [2.75, 3.05) is 18.8 Å². The molecule has 0 aliphatic rings. The maximum atomic E-state index is 12.9. The van der Waals surface area contributed by atoms with E-state index in [9.17, 15) is 4.39 Å². The number of nitrogens with zero attached hydrogens (tertiary/aromatic N) is 4. The van der Waals surface area contributed by atoms with E-state index in [4.69, 9.17) is 0 Å². The second-order valence-corrected chi connectivity index (χ2v) is 7.44. The molecule has 0 spiro atoms. The maximum Gasteiger partial charge on any atom is 0.191 e. The molecule has 0 unspecified atom stereocenters. The van der Waals surface area contributed by atoms with E-state index in [0.29, 0.717) is 6.54 Å². The van der Waals surface area contributed by atoms with Crippen LogP contribution in [0.5, 0.6) is 0 Å². The molecule has 29 heavy (non-hydrogen) atoms. The Hall–Kier alpha value is -2.87. The summed E-state index contributed by atoms with van der Waals surface area (Å²) in [5.41, 5.74) is 1.04. The minimum Gasteiger partial charge on any atom is -0.357 e. The van der Waals surface area contributed by atoms with Crippen LogP contribution < -0.4 is 10.6 Å². The number of hydrogen-bond acceptors (Lipinski definition) is 4. The lowest BCUT2D eigenvalue weighted by Crippen LogP contribution is -2.37. The first-order chi connectivity index (χ1) is 14.2. The van der Waals surface area contributed by atoms with Crippen LogP contribution in [-0.2, 0) is 6.54 Å². The monoisotopic (exact) mass is 412 g/mol. The first kappa shape index (κ1) is 20.9. The van der Waals surface area contributed by atoms with Crippen molar-refractivity contribution in [2.24, 2.45) is 4.99 Å². The number of imidazole rings is 1. The molecule has 0 saturated heterocycles. The third-order valence-corrected chi connectivity index (χ3v) is 5.14. The Morgan fingerprint density at radius 3 is 2.72 bits per heavy atom. The summed E-state index contributed by atoms with van der Waals surface area (Å²) in [5.74, 6) is 2.38. The van der Waals surface area contributed by atoms with Crippen molar-refractivity contribution in [3.05, 3.63) is 72.7 Å². The van der Waals surface area contributed by atoms with Crippen molar-refractivity contribution < 1.29 is 4.39 Å². The second-order valence-electron chi connectivity index (χ2n) is 6.27. The fourth-order valence-electron chi connectivity index (χ4n) is 2.57. The molecule has 0 amide bonds. The van der Waals surface area contributed by atoms with Gasteiger partial charge in [-0.1, -0.05) is 6.07 Å². The van der Waals surface area contributed by atoms with Gasteiger partial charge in [0.25, 0.3) is 0 Å². The summed E-state index contributed by atoms with van der Waals surface area (Å²) in [4.78, 5) is 14.2. The number of aromatic nitrogens is 3. The van der Waals surface area contributed by atoms with Crippen molar-refractivity contribution in [3.8, 4) is 5.82 Å². The molecule has 0 aliphatic carbocycles. The van der Waals surface area contributed by atoms with Gasteiger partial charge in [-0.05, 0) is 55.0 Å².